The average molecular weight is 341 g/mol. The normalized spacial score (nSPS) is 18.7. The molecule has 7 nitrogen and oxygen atoms in total. The molecule has 1 fully saturated rings. The van der Waals surface area contributed by atoms with Crippen LogP contribution in [0.2, 0.25) is 5.15 Å². The zero-order valence-electron chi connectivity index (χ0n) is 13.7. The number of hydrogen-bond donors (Lipinski definition) is 0. The van der Waals surface area contributed by atoms with Gasteiger partial charge in [0.25, 0.3) is 5.91 Å². The highest BCUT2D eigenvalue weighted by atomic mass is 35.5. The van der Waals surface area contributed by atoms with Crippen molar-refractivity contribution >= 4 is 23.6 Å². The molecule has 1 aliphatic heterocycles. The van der Waals surface area contributed by atoms with Crippen LogP contribution in [0.1, 0.15) is 38.2 Å². The fourth-order valence-corrected chi connectivity index (χ4v) is 2.49. The van der Waals surface area contributed by atoms with Gasteiger partial charge in [-0.05, 0) is 27.7 Å². The summed E-state index contributed by atoms with van der Waals surface area (Å²) >= 11 is 5.77. The second kappa shape index (κ2) is 6.70. The van der Waals surface area contributed by atoms with Crippen molar-refractivity contribution in [2.75, 3.05) is 19.6 Å². The Labute approximate surface area is 140 Å². The molecule has 1 aromatic heterocycles. The monoisotopic (exact) mass is 340 g/mol. The fraction of sp³-hybridized carbons (Fsp3) is 0.600. The molecule has 0 N–H and O–H groups in total. The maximum atomic E-state index is 12.4. The predicted molar refractivity (Wildman–Crippen MR) is 85.3 cm³/mol. The molecule has 1 saturated heterocycles. The number of rotatable bonds is 1. The van der Waals surface area contributed by atoms with E-state index < -0.39 is 5.60 Å². The van der Waals surface area contributed by atoms with Crippen molar-refractivity contribution in [3.8, 4) is 0 Å². The van der Waals surface area contributed by atoms with Gasteiger partial charge in [-0.25, -0.2) is 9.78 Å². The predicted octanol–water partition coefficient (Wildman–Crippen LogP) is 2.21. The van der Waals surface area contributed by atoms with Crippen molar-refractivity contribution < 1.29 is 14.3 Å². The summed E-state index contributed by atoms with van der Waals surface area (Å²) in [7, 11) is 0. The molecular weight excluding hydrogens is 320 g/mol. The Morgan fingerprint density at radius 3 is 2.57 bits per heavy atom. The van der Waals surface area contributed by atoms with E-state index in [-0.39, 0.29) is 28.9 Å². The number of piperazine rings is 1. The van der Waals surface area contributed by atoms with Crippen LogP contribution in [0.25, 0.3) is 0 Å². The van der Waals surface area contributed by atoms with Gasteiger partial charge in [0.15, 0.2) is 0 Å². The van der Waals surface area contributed by atoms with Crippen LogP contribution in [0.3, 0.4) is 0 Å². The average Bonchev–Trinajstić information content (AvgIpc) is 2.44. The number of nitrogens with zero attached hydrogens (tertiary/aromatic N) is 4. The van der Waals surface area contributed by atoms with E-state index in [9.17, 15) is 9.59 Å². The zero-order valence-corrected chi connectivity index (χ0v) is 14.5. The number of carbonyl (C=O) groups is 2. The van der Waals surface area contributed by atoms with E-state index in [4.69, 9.17) is 16.3 Å². The van der Waals surface area contributed by atoms with Gasteiger partial charge >= 0.3 is 6.09 Å². The van der Waals surface area contributed by atoms with Crippen LogP contribution in [0, 0.1) is 0 Å². The van der Waals surface area contributed by atoms with Crippen LogP contribution in [-0.4, -0.2) is 63.0 Å². The quantitative estimate of drug-likeness (QED) is 0.783. The molecular formula is C15H21ClN4O3. The summed E-state index contributed by atoms with van der Waals surface area (Å²) in [6, 6.07) is -0.144. The number of carbonyl (C=O) groups excluding carboxylic acids is 2. The Bertz CT molecular complexity index is 603. The molecule has 0 spiro atoms. The molecule has 2 heterocycles. The number of amides is 2. The standard InChI is InChI=1S/C15H21ClN4O3/c1-10-9-19(13(21)11-7-17-8-12(16)18-11)5-6-20(10)14(22)23-15(2,3)4/h7-8,10H,5-6,9H2,1-4H3/t10-/m0/s1. The third-order valence-corrected chi connectivity index (χ3v) is 3.55. The summed E-state index contributed by atoms with van der Waals surface area (Å²) in [6.07, 6.45) is 2.40. The summed E-state index contributed by atoms with van der Waals surface area (Å²) in [5.41, 5.74) is -0.337. The van der Waals surface area contributed by atoms with Crippen molar-refractivity contribution in [3.05, 3.63) is 23.2 Å². The first-order chi connectivity index (χ1) is 10.7. The summed E-state index contributed by atoms with van der Waals surface area (Å²) in [6.45, 7) is 8.60. The highest BCUT2D eigenvalue weighted by molar-refractivity contribution is 6.29. The van der Waals surface area contributed by atoms with E-state index in [1.165, 1.54) is 12.4 Å². The molecule has 8 heteroatoms. The third-order valence-electron chi connectivity index (χ3n) is 3.37. The van der Waals surface area contributed by atoms with E-state index in [0.717, 1.165) is 0 Å². The topological polar surface area (TPSA) is 75.6 Å². The lowest BCUT2D eigenvalue weighted by Crippen LogP contribution is -2.56. The van der Waals surface area contributed by atoms with E-state index in [2.05, 4.69) is 9.97 Å². The zero-order chi connectivity index (χ0) is 17.2. The van der Waals surface area contributed by atoms with Gasteiger partial charge < -0.3 is 14.5 Å². The second-order valence-corrected chi connectivity index (χ2v) is 6.89. The van der Waals surface area contributed by atoms with Crippen molar-refractivity contribution in [1.82, 2.24) is 19.8 Å². The van der Waals surface area contributed by atoms with Crippen LogP contribution < -0.4 is 0 Å². The molecule has 0 aliphatic carbocycles. The molecule has 0 bridgehead atoms. The minimum absolute atomic E-state index is 0.144. The lowest BCUT2D eigenvalue weighted by atomic mass is 10.2. The van der Waals surface area contributed by atoms with Gasteiger partial charge in [-0.3, -0.25) is 9.78 Å². The van der Waals surface area contributed by atoms with E-state index in [0.29, 0.717) is 19.6 Å². The molecule has 0 unspecified atom stereocenters. The minimum atomic E-state index is -0.542. The molecule has 1 aromatic rings. The first-order valence-corrected chi connectivity index (χ1v) is 7.81. The maximum absolute atomic E-state index is 12.4. The van der Waals surface area contributed by atoms with Gasteiger partial charge in [-0.1, -0.05) is 11.6 Å². The lowest BCUT2D eigenvalue weighted by Gasteiger charge is -2.40. The number of ether oxygens (including phenoxy) is 1. The SMILES string of the molecule is C[C@H]1CN(C(=O)c2cncc(Cl)n2)CCN1C(=O)OC(C)(C)C. The third kappa shape index (κ3) is 4.54. The van der Waals surface area contributed by atoms with E-state index >= 15 is 0 Å². The summed E-state index contributed by atoms with van der Waals surface area (Å²) in [4.78, 5) is 35.7. The van der Waals surface area contributed by atoms with Crippen molar-refractivity contribution in [1.29, 1.82) is 0 Å². The van der Waals surface area contributed by atoms with Gasteiger partial charge in [0, 0.05) is 25.7 Å². The summed E-state index contributed by atoms with van der Waals surface area (Å²) in [5, 5.41) is 0.177. The van der Waals surface area contributed by atoms with Gasteiger partial charge in [0.05, 0.1) is 12.4 Å². The highest BCUT2D eigenvalue weighted by Gasteiger charge is 2.33. The Hall–Kier alpha value is -1.89. The molecule has 0 radical (unpaired) electrons. The van der Waals surface area contributed by atoms with Crippen LogP contribution in [-0.2, 0) is 4.74 Å². The molecule has 2 rings (SSSR count). The largest absolute Gasteiger partial charge is 0.444 e. The molecule has 1 atom stereocenters. The van der Waals surface area contributed by atoms with E-state index in [1.54, 1.807) is 9.80 Å². The Balaban J connectivity index is 2.01. The van der Waals surface area contributed by atoms with Gasteiger partial charge in [-0.2, -0.15) is 0 Å². The summed E-state index contributed by atoms with van der Waals surface area (Å²) in [5.74, 6) is -0.240. The van der Waals surface area contributed by atoms with Crippen LogP contribution in [0.4, 0.5) is 4.79 Å². The number of halogens is 1. The van der Waals surface area contributed by atoms with Gasteiger partial charge in [0.1, 0.15) is 16.4 Å². The molecule has 1 aliphatic rings. The van der Waals surface area contributed by atoms with Crippen LogP contribution >= 0.6 is 11.6 Å². The van der Waals surface area contributed by atoms with E-state index in [1.807, 2.05) is 27.7 Å². The summed E-state index contributed by atoms with van der Waals surface area (Å²) < 4.78 is 5.39. The lowest BCUT2D eigenvalue weighted by molar-refractivity contribution is 0.00189. The number of aromatic nitrogens is 2. The molecule has 0 saturated carbocycles. The maximum Gasteiger partial charge on any atom is 0.410 e. The minimum Gasteiger partial charge on any atom is -0.444 e. The second-order valence-electron chi connectivity index (χ2n) is 6.50. The first kappa shape index (κ1) is 17.5. The highest BCUT2D eigenvalue weighted by Crippen LogP contribution is 2.17. The Morgan fingerprint density at radius 2 is 2.00 bits per heavy atom. The number of hydrogen-bond acceptors (Lipinski definition) is 5. The Kier molecular flexibility index (Phi) is 5.09. The van der Waals surface area contributed by atoms with Crippen molar-refractivity contribution in [3.63, 3.8) is 0 Å². The molecule has 126 valence electrons. The smallest absolute Gasteiger partial charge is 0.410 e. The molecule has 0 aromatic carbocycles. The van der Waals surface area contributed by atoms with Crippen LogP contribution in [0.15, 0.2) is 12.4 Å². The molecule has 23 heavy (non-hydrogen) atoms. The fourth-order valence-electron chi connectivity index (χ4n) is 2.34. The Morgan fingerprint density at radius 1 is 1.30 bits per heavy atom. The van der Waals surface area contributed by atoms with Crippen molar-refractivity contribution in [2.24, 2.45) is 0 Å². The van der Waals surface area contributed by atoms with Crippen molar-refractivity contribution in [2.45, 2.75) is 39.3 Å². The van der Waals surface area contributed by atoms with Gasteiger partial charge in [0.2, 0.25) is 0 Å². The first-order valence-electron chi connectivity index (χ1n) is 7.44. The van der Waals surface area contributed by atoms with Crippen LogP contribution in [0.5, 0.6) is 0 Å². The van der Waals surface area contributed by atoms with Gasteiger partial charge in [-0.15, -0.1) is 0 Å². The molecule has 2 amide bonds.